The van der Waals surface area contributed by atoms with Gasteiger partial charge < -0.3 is 14.2 Å². The first kappa shape index (κ1) is 13.1. The third kappa shape index (κ3) is 2.73. The van der Waals surface area contributed by atoms with Crippen molar-refractivity contribution in [3.05, 3.63) is 52.0 Å². The van der Waals surface area contributed by atoms with Crippen molar-refractivity contribution < 1.29 is 9.90 Å². The van der Waals surface area contributed by atoms with Gasteiger partial charge in [-0.15, -0.1) is 0 Å². The van der Waals surface area contributed by atoms with Crippen LogP contribution in [0, 0.1) is 13.8 Å². The predicted molar refractivity (Wildman–Crippen MR) is 69.4 cm³/mol. The third-order valence-electron chi connectivity index (χ3n) is 3.08. The van der Waals surface area contributed by atoms with E-state index in [2.05, 4.69) is 4.98 Å². The maximum atomic E-state index is 11.5. The van der Waals surface area contributed by atoms with Gasteiger partial charge in [-0.05, 0) is 13.8 Å². The van der Waals surface area contributed by atoms with E-state index in [0.717, 1.165) is 11.5 Å². The lowest BCUT2D eigenvalue weighted by atomic mass is 10.2. The highest BCUT2D eigenvalue weighted by atomic mass is 16.4. The highest BCUT2D eigenvalue weighted by Gasteiger charge is 2.10. The minimum Gasteiger partial charge on any atom is -0.477 e. The van der Waals surface area contributed by atoms with Crippen molar-refractivity contribution in [2.24, 2.45) is 0 Å². The smallest absolute Gasteiger partial charge is 0.341 e. The van der Waals surface area contributed by atoms with Crippen LogP contribution >= 0.6 is 0 Å². The summed E-state index contributed by atoms with van der Waals surface area (Å²) in [7, 11) is 0. The molecule has 1 N–H and O–H groups in total. The molecule has 0 aromatic carbocycles. The Morgan fingerprint density at radius 2 is 2.00 bits per heavy atom. The standard InChI is InChI=1S/C13H15N3O3/c1-9-7-12(17)11(13(18)19)8-16(9)6-5-15-4-3-14-10(15)2/h3-4,7-8H,5-6H2,1-2H3,(H,18,19). The number of rotatable bonds is 4. The van der Waals surface area contributed by atoms with E-state index >= 15 is 0 Å². The number of pyridine rings is 1. The van der Waals surface area contributed by atoms with E-state index < -0.39 is 11.4 Å². The zero-order chi connectivity index (χ0) is 14.0. The van der Waals surface area contributed by atoms with Crippen molar-refractivity contribution >= 4 is 5.97 Å². The first-order chi connectivity index (χ1) is 8.99. The monoisotopic (exact) mass is 261 g/mol. The lowest BCUT2D eigenvalue weighted by Gasteiger charge is -2.12. The van der Waals surface area contributed by atoms with Crippen molar-refractivity contribution in [3.8, 4) is 0 Å². The van der Waals surface area contributed by atoms with Crippen LogP contribution in [0.25, 0.3) is 0 Å². The van der Waals surface area contributed by atoms with Gasteiger partial charge in [0.05, 0.1) is 0 Å². The largest absolute Gasteiger partial charge is 0.477 e. The maximum Gasteiger partial charge on any atom is 0.341 e. The van der Waals surface area contributed by atoms with Crippen LogP contribution in [-0.2, 0) is 13.1 Å². The Kier molecular flexibility index (Phi) is 3.50. The summed E-state index contributed by atoms with van der Waals surface area (Å²) < 4.78 is 3.74. The van der Waals surface area contributed by atoms with Crippen molar-refractivity contribution in [1.29, 1.82) is 0 Å². The number of aromatic nitrogens is 3. The molecule has 0 amide bonds. The molecule has 0 radical (unpaired) electrons. The minimum atomic E-state index is -1.20. The normalized spacial score (nSPS) is 10.6. The molecule has 0 bridgehead atoms. The average molecular weight is 261 g/mol. The van der Waals surface area contributed by atoms with Gasteiger partial charge in [-0.3, -0.25) is 4.79 Å². The highest BCUT2D eigenvalue weighted by molar-refractivity contribution is 5.87. The molecule has 100 valence electrons. The van der Waals surface area contributed by atoms with Crippen molar-refractivity contribution in [1.82, 2.24) is 14.1 Å². The number of imidazole rings is 1. The number of carbonyl (C=O) groups is 1. The van der Waals surface area contributed by atoms with Gasteiger partial charge in [-0.1, -0.05) is 0 Å². The van der Waals surface area contributed by atoms with E-state index in [1.165, 1.54) is 12.3 Å². The van der Waals surface area contributed by atoms with Gasteiger partial charge in [0.2, 0.25) is 0 Å². The van der Waals surface area contributed by atoms with Gasteiger partial charge in [0.1, 0.15) is 11.4 Å². The SMILES string of the molecule is Cc1cc(=O)c(C(=O)O)cn1CCn1ccnc1C. The fourth-order valence-corrected chi connectivity index (χ4v) is 1.93. The molecule has 2 aromatic rings. The Hall–Kier alpha value is -2.37. The molecular formula is C13H15N3O3. The number of aryl methyl sites for hydroxylation is 4. The zero-order valence-electron chi connectivity index (χ0n) is 10.8. The van der Waals surface area contributed by atoms with E-state index in [9.17, 15) is 9.59 Å². The quantitative estimate of drug-likeness (QED) is 0.892. The van der Waals surface area contributed by atoms with Crippen LogP contribution in [0.3, 0.4) is 0 Å². The van der Waals surface area contributed by atoms with Crippen LogP contribution in [-0.4, -0.2) is 25.2 Å². The molecule has 0 saturated carbocycles. The van der Waals surface area contributed by atoms with Crippen LogP contribution in [0.5, 0.6) is 0 Å². The molecule has 0 unspecified atom stereocenters. The van der Waals surface area contributed by atoms with Gasteiger partial charge in [0, 0.05) is 43.4 Å². The third-order valence-corrected chi connectivity index (χ3v) is 3.08. The Balaban J connectivity index is 2.25. The lowest BCUT2D eigenvalue weighted by Crippen LogP contribution is -2.20. The van der Waals surface area contributed by atoms with Gasteiger partial charge in [-0.2, -0.15) is 0 Å². The summed E-state index contributed by atoms with van der Waals surface area (Å²) in [6, 6.07) is 1.35. The first-order valence-corrected chi connectivity index (χ1v) is 5.91. The summed E-state index contributed by atoms with van der Waals surface area (Å²) in [6.07, 6.45) is 4.98. The number of nitrogens with zero attached hydrogens (tertiary/aromatic N) is 3. The predicted octanol–water partition coefficient (Wildman–Crippen LogP) is 1.06. The second-order valence-electron chi connectivity index (χ2n) is 4.36. The molecule has 0 aliphatic rings. The van der Waals surface area contributed by atoms with Crippen LogP contribution in [0.1, 0.15) is 21.9 Å². The molecule has 19 heavy (non-hydrogen) atoms. The van der Waals surface area contributed by atoms with E-state index in [0.29, 0.717) is 13.1 Å². The van der Waals surface area contributed by atoms with Crippen molar-refractivity contribution in [2.75, 3.05) is 0 Å². The van der Waals surface area contributed by atoms with E-state index in [4.69, 9.17) is 5.11 Å². The molecule has 2 heterocycles. The number of aromatic carboxylic acids is 1. The summed E-state index contributed by atoms with van der Waals surface area (Å²) in [5, 5.41) is 8.95. The molecule has 2 rings (SSSR count). The van der Waals surface area contributed by atoms with E-state index in [-0.39, 0.29) is 5.56 Å². The van der Waals surface area contributed by atoms with Gasteiger partial charge in [-0.25, -0.2) is 9.78 Å². The molecule has 6 nitrogen and oxygen atoms in total. The molecule has 0 aliphatic heterocycles. The first-order valence-electron chi connectivity index (χ1n) is 5.91. The fraction of sp³-hybridized carbons (Fsp3) is 0.308. The van der Waals surface area contributed by atoms with Crippen LogP contribution in [0.15, 0.2) is 29.5 Å². The summed E-state index contributed by atoms with van der Waals surface area (Å²) in [6.45, 7) is 4.95. The molecule has 0 atom stereocenters. The number of carboxylic acid groups (broad SMARTS) is 1. The molecule has 0 aliphatic carbocycles. The Bertz CT molecular complexity index is 670. The van der Waals surface area contributed by atoms with Crippen LogP contribution in [0.4, 0.5) is 0 Å². The Morgan fingerprint density at radius 3 is 2.58 bits per heavy atom. The second-order valence-corrected chi connectivity index (χ2v) is 4.36. The highest BCUT2D eigenvalue weighted by Crippen LogP contribution is 2.02. The van der Waals surface area contributed by atoms with Crippen molar-refractivity contribution in [3.63, 3.8) is 0 Å². The fourth-order valence-electron chi connectivity index (χ4n) is 1.93. The number of hydrogen-bond donors (Lipinski definition) is 1. The van der Waals surface area contributed by atoms with Gasteiger partial charge >= 0.3 is 5.97 Å². The molecular weight excluding hydrogens is 246 g/mol. The average Bonchev–Trinajstić information content (AvgIpc) is 2.73. The summed E-state index contributed by atoms with van der Waals surface area (Å²) in [5.74, 6) is -0.297. The topological polar surface area (TPSA) is 77.1 Å². The Labute approximate surface area is 109 Å². The molecule has 0 spiro atoms. The number of carboxylic acids is 1. The second kappa shape index (κ2) is 5.09. The molecule has 2 aromatic heterocycles. The molecule has 0 fully saturated rings. The summed E-state index contributed by atoms with van der Waals surface area (Å²) >= 11 is 0. The zero-order valence-corrected chi connectivity index (χ0v) is 10.8. The minimum absolute atomic E-state index is 0.201. The number of hydrogen-bond acceptors (Lipinski definition) is 3. The lowest BCUT2D eigenvalue weighted by molar-refractivity contribution is 0.0694. The van der Waals surface area contributed by atoms with Crippen LogP contribution < -0.4 is 5.43 Å². The maximum absolute atomic E-state index is 11.5. The van der Waals surface area contributed by atoms with E-state index in [1.54, 1.807) is 17.7 Å². The molecule has 6 heteroatoms. The van der Waals surface area contributed by atoms with Crippen molar-refractivity contribution in [2.45, 2.75) is 26.9 Å². The summed E-state index contributed by atoms with van der Waals surface area (Å²) in [5.41, 5.74) is 0.0841. The Morgan fingerprint density at radius 1 is 1.32 bits per heavy atom. The summed E-state index contributed by atoms with van der Waals surface area (Å²) in [4.78, 5) is 26.6. The van der Waals surface area contributed by atoms with E-state index in [1.807, 2.05) is 17.7 Å². The van der Waals surface area contributed by atoms with Crippen LogP contribution in [0.2, 0.25) is 0 Å². The van der Waals surface area contributed by atoms with Gasteiger partial charge in [0.25, 0.3) is 0 Å². The molecule has 0 saturated heterocycles. The van der Waals surface area contributed by atoms with Gasteiger partial charge in [0.15, 0.2) is 5.43 Å².